The monoisotopic (exact) mass is 275 g/mol. The molecule has 0 saturated carbocycles. The van der Waals surface area contributed by atoms with Crippen LogP contribution in [0.4, 0.5) is 0 Å². The molecule has 2 aromatic heterocycles. The van der Waals surface area contributed by atoms with Gasteiger partial charge in [-0.05, 0) is 26.0 Å². The van der Waals surface area contributed by atoms with Crippen molar-refractivity contribution in [3.63, 3.8) is 0 Å². The third kappa shape index (κ3) is 3.14. The van der Waals surface area contributed by atoms with E-state index in [2.05, 4.69) is 10.1 Å². The van der Waals surface area contributed by atoms with Crippen LogP contribution in [0, 0.1) is 6.92 Å². The molecule has 1 amide bonds. The van der Waals surface area contributed by atoms with Gasteiger partial charge < -0.3 is 14.2 Å². The quantitative estimate of drug-likeness (QED) is 0.835. The lowest BCUT2D eigenvalue weighted by Crippen LogP contribution is -2.27. The van der Waals surface area contributed by atoms with Gasteiger partial charge in [0, 0.05) is 19.3 Å². The predicted molar refractivity (Wildman–Crippen MR) is 72.4 cm³/mol. The van der Waals surface area contributed by atoms with Crippen LogP contribution in [-0.2, 0) is 6.54 Å². The minimum Gasteiger partial charge on any atom is -0.477 e. The Morgan fingerprint density at radius 1 is 1.50 bits per heavy atom. The number of aromatic nitrogens is 2. The topological polar surface area (TPSA) is 68.5 Å². The molecule has 0 spiro atoms. The number of amides is 1. The second kappa shape index (κ2) is 6.18. The van der Waals surface area contributed by atoms with E-state index in [9.17, 15) is 4.79 Å². The lowest BCUT2D eigenvalue weighted by Gasteiger charge is -2.17. The van der Waals surface area contributed by atoms with E-state index in [1.54, 1.807) is 36.3 Å². The maximum absolute atomic E-state index is 12.4. The van der Waals surface area contributed by atoms with Crippen LogP contribution in [-0.4, -0.2) is 34.6 Å². The number of rotatable bonds is 5. The molecule has 6 heteroatoms. The Morgan fingerprint density at radius 2 is 2.30 bits per heavy atom. The van der Waals surface area contributed by atoms with E-state index < -0.39 is 0 Å². The van der Waals surface area contributed by atoms with Crippen LogP contribution >= 0.6 is 0 Å². The molecule has 0 radical (unpaired) electrons. The van der Waals surface area contributed by atoms with Crippen molar-refractivity contribution in [1.29, 1.82) is 0 Å². The van der Waals surface area contributed by atoms with Crippen LogP contribution in [0.15, 0.2) is 28.9 Å². The van der Waals surface area contributed by atoms with Crippen molar-refractivity contribution in [3.8, 4) is 5.88 Å². The van der Waals surface area contributed by atoms with Crippen molar-refractivity contribution in [2.24, 2.45) is 0 Å². The second-order valence-corrected chi connectivity index (χ2v) is 4.38. The fourth-order valence-electron chi connectivity index (χ4n) is 1.82. The number of hydrogen-bond acceptors (Lipinski definition) is 5. The zero-order chi connectivity index (χ0) is 14.5. The molecule has 0 N–H and O–H groups in total. The molecule has 2 aromatic rings. The lowest BCUT2D eigenvalue weighted by atomic mass is 10.2. The number of hydrogen-bond donors (Lipinski definition) is 0. The molecule has 0 bridgehead atoms. The van der Waals surface area contributed by atoms with E-state index in [1.807, 2.05) is 13.8 Å². The van der Waals surface area contributed by atoms with Crippen molar-refractivity contribution in [2.75, 3.05) is 13.7 Å². The van der Waals surface area contributed by atoms with Gasteiger partial charge in [-0.25, -0.2) is 4.98 Å². The number of nitrogens with zero attached hydrogens (tertiary/aromatic N) is 3. The Balaban J connectivity index is 2.14. The third-order valence-electron chi connectivity index (χ3n) is 2.71. The van der Waals surface area contributed by atoms with Gasteiger partial charge in [0.15, 0.2) is 0 Å². The van der Waals surface area contributed by atoms with E-state index >= 15 is 0 Å². The Kier molecular flexibility index (Phi) is 4.34. The third-order valence-corrected chi connectivity index (χ3v) is 2.71. The molecule has 0 atom stereocenters. The summed E-state index contributed by atoms with van der Waals surface area (Å²) in [5.41, 5.74) is 1.15. The Hall–Kier alpha value is -2.37. The van der Waals surface area contributed by atoms with Gasteiger partial charge in [0.2, 0.25) is 5.88 Å². The highest BCUT2D eigenvalue weighted by atomic mass is 16.5. The first-order chi connectivity index (χ1) is 9.61. The van der Waals surface area contributed by atoms with Gasteiger partial charge in [-0.1, -0.05) is 5.16 Å². The standard InChI is InChI=1S/C14H17N3O3/c1-4-19-13-12(6-5-7-15-13)14(18)17(3)9-11-8-10(2)20-16-11/h5-8H,4,9H2,1-3H3. The van der Waals surface area contributed by atoms with Gasteiger partial charge in [-0.2, -0.15) is 0 Å². The van der Waals surface area contributed by atoms with E-state index in [0.29, 0.717) is 30.3 Å². The highest BCUT2D eigenvalue weighted by molar-refractivity contribution is 5.96. The fraction of sp³-hybridized carbons (Fsp3) is 0.357. The SMILES string of the molecule is CCOc1ncccc1C(=O)N(C)Cc1cc(C)on1. The van der Waals surface area contributed by atoms with Crippen molar-refractivity contribution in [2.45, 2.75) is 20.4 Å². The Morgan fingerprint density at radius 3 is 2.95 bits per heavy atom. The molecule has 6 nitrogen and oxygen atoms in total. The van der Waals surface area contributed by atoms with Crippen molar-refractivity contribution in [3.05, 3.63) is 41.4 Å². The molecule has 0 saturated heterocycles. The summed E-state index contributed by atoms with van der Waals surface area (Å²) in [7, 11) is 1.70. The first-order valence-electron chi connectivity index (χ1n) is 6.37. The van der Waals surface area contributed by atoms with Gasteiger partial charge in [0.1, 0.15) is 17.0 Å². The van der Waals surface area contributed by atoms with Crippen LogP contribution in [0.1, 0.15) is 28.7 Å². The summed E-state index contributed by atoms with van der Waals surface area (Å²) in [6.07, 6.45) is 1.60. The minimum atomic E-state index is -0.165. The zero-order valence-electron chi connectivity index (χ0n) is 11.8. The van der Waals surface area contributed by atoms with Gasteiger partial charge in [-0.3, -0.25) is 4.79 Å². The summed E-state index contributed by atoms with van der Waals surface area (Å²) >= 11 is 0. The maximum atomic E-state index is 12.4. The Bertz CT molecular complexity index is 595. The number of carbonyl (C=O) groups excluding carboxylic acids is 1. The average molecular weight is 275 g/mol. The molecule has 0 aliphatic rings. The van der Waals surface area contributed by atoms with E-state index in [0.717, 1.165) is 5.76 Å². The molecular formula is C14H17N3O3. The molecule has 0 aliphatic carbocycles. The van der Waals surface area contributed by atoms with Crippen LogP contribution < -0.4 is 4.74 Å². The van der Waals surface area contributed by atoms with Crippen LogP contribution in [0.25, 0.3) is 0 Å². The van der Waals surface area contributed by atoms with E-state index in [4.69, 9.17) is 9.26 Å². The highest BCUT2D eigenvalue weighted by Crippen LogP contribution is 2.17. The van der Waals surface area contributed by atoms with E-state index in [1.165, 1.54) is 0 Å². The van der Waals surface area contributed by atoms with Gasteiger partial charge >= 0.3 is 0 Å². The smallest absolute Gasteiger partial charge is 0.259 e. The molecule has 0 fully saturated rings. The van der Waals surface area contributed by atoms with Crippen molar-refractivity contribution in [1.82, 2.24) is 15.0 Å². The fourth-order valence-corrected chi connectivity index (χ4v) is 1.82. The number of aryl methyl sites for hydroxylation is 1. The summed E-state index contributed by atoms with van der Waals surface area (Å²) in [5.74, 6) is 0.905. The predicted octanol–water partition coefficient (Wildman–Crippen LogP) is 2.05. The maximum Gasteiger partial charge on any atom is 0.259 e. The van der Waals surface area contributed by atoms with Crippen LogP contribution in [0.5, 0.6) is 5.88 Å². The largest absolute Gasteiger partial charge is 0.477 e. The molecule has 0 aromatic carbocycles. The average Bonchev–Trinajstić information content (AvgIpc) is 2.84. The van der Waals surface area contributed by atoms with E-state index in [-0.39, 0.29) is 5.91 Å². The summed E-state index contributed by atoms with van der Waals surface area (Å²) in [6, 6.07) is 5.21. The summed E-state index contributed by atoms with van der Waals surface area (Å²) < 4.78 is 10.4. The van der Waals surface area contributed by atoms with Gasteiger partial charge in [-0.15, -0.1) is 0 Å². The summed E-state index contributed by atoms with van der Waals surface area (Å²) in [6.45, 7) is 4.50. The first-order valence-corrected chi connectivity index (χ1v) is 6.37. The molecule has 0 aliphatic heterocycles. The summed E-state index contributed by atoms with van der Waals surface area (Å²) in [5, 5.41) is 3.87. The number of ether oxygens (including phenoxy) is 1. The lowest BCUT2D eigenvalue weighted by molar-refractivity contribution is 0.0777. The van der Waals surface area contributed by atoms with Gasteiger partial charge in [0.25, 0.3) is 5.91 Å². The highest BCUT2D eigenvalue weighted by Gasteiger charge is 2.18. The van der Waals surface area contributed by atoms with Crippen LogP contribution in [0.2, 0.25) is 0 Å². The molecule has 2 rings (SSSR count). The van der Waals surface area contributed by atoms with Gasteiger partial charge in [0.05, 0.1) is 13.2 Å². The second-order valence-electron chi connectivity index (χ2n) is 4.38. The molecule has 20 heavy (non-hydrogen) atoms. The normalized spacial score (nSPS) is 10.3. The molecular weight excluding hydrogens is 258 g/mol. The van der Waals surface area contributed by atoms with Crippen LogP contribution in [0.3, 0.4) is 0 Å². The zero-order valence-corrected chi connectivity index (χ0v) is 11.8. The molecule has 0 unspecified atom stereocenters. The summed E-state index contributed by atoms with van der Waals surface area (Å²) in [4.78, 5) is 18.0. The number of carbonyl (C=O) groups is 1. The Labute approximate surface area is 117 Å². The molecule has 106 valence electrons. The number of pyridine rings is 1. The van der Waals surface area contributed by atoms with Crippen molar-refractivity contribution < 1.29 is 14.1 Å². The van der Waals surface area contributed by atoms with Crippen molar-refractivity contribution >= 4 is 5.91 Å². The molecule has 2 heterocycles. The minimum absolute atomic E-state index is 0.165. The first kappa shape index (κ1) is 14.0.